The molecule has 0 radical (unpaired) electrons. The average molecular weight is 338 g/mol. The molecule has 3 fully saturated rings. The van der Waals surface area contributed by atoms with Crippen LogP contribution in [0.15, 0.2) is 0 Å². The van der Waals surface area contributed by atoms with Crippen molar-refractivity contribution in [3.8, 4) is 0 Å². The smallest absolute Gasteiger partial charge is 0.323 e. The maximum atomic E-state index is 12.5. The molecule has 3 aliphatic rings. The maximum absolute atomic E-state index is 12.5. The first-order chi connectivity index (χ1) is 11.4. The number of fused-ring (bicyclic) bond motifs is 3. The van der Waals surface area contributed by atoms with Gasteiger partial charge in [-0.1, -0.05) is 13.3 Å². The zero-order valence-electron chi connectivity index (χ0n) is 14.8. The standard InChI is InChI=1S/C18H26O6/c1-17-7-5-6-11(17)13(14(19)22-2)10-8-18(9-12(10)17,15(20)23-3)16(21)24-4/h10-13H,5-9H2,1-4H3/t10-,11-,12+,13+,17-/m0/s1. The Morgan fingerprint density at radius 2 is 1.54 bits per heavy atom. The van der Waals surface area contributed by atoms with Crippen LogP contribution in [0.4, 0.5) is 0 Å². The Hall–Kier alpha value is -1.59. The summed E-state index contributed by atoms with van der Waals surface area (Å²) in [7, 11) is 3.99. The van der Waals surface area contributed by atoms with Gasteiger partial charge in [-0.3, -0.25) is 14.4 Å². The molecule has 0 amide bonds. The molecule has 134 valence electrons. The van der Waals surface area contributed by atoms with Gasteiger partial charge in [0.2, 0.25) is 0 Å². The number of hydrogen-bond donors (Lipinski definition) is 0. The molecule has 0 unspecified atom stereocenters. The van der Waals surface area contributed by atoms with Gasteiger partial charge in [0.25, 0.3) is 0 Å². The first-order valence-corrected chi connectivity index (χ1v) is 8.60. The summed E-state index contributed by atoms with van der Waals surface area (Å²) in [5.74, 6) is -1.20. The molecule has 0 heterocycles. The molecule has 0 saturated heterocycles. The van der Waals surface area contributed by atoms with Crippen LogP contribution >= 0.6 is 0 Å². The van der Waals surface area contributed by atoms with Gasteiger partial charge in [-0.25, -0.2) is 0 Å². The number of rotatable bonds is 3. The Balaban J connectivity index is 2.02. The summed E-state index contributed by atoms with van der Waals surface area (Å²) in [6.45, 7) is 2.20. The molecule has 0 N–H and O–H groups in total. The van der Waals surface area contributed by atoms with Crippen molar-refractivity contribution in [3.63, 3.8) is 0 Å². The molecule has 0 aromatic carbocycles. The quantitative estimate of drug-likeness (QED) is 0.445. The van der Waals surface area contributed by atoms with Crippen LogP contribution in [0.2, 0.25) is 0 Å². The monoisotopic (exact) mass is 338 g/mol. The normalized spacial score (nSPS) is 39.0. The SMILES string of the molecule is COC(=O)[C@@H]1[C@H]2CC(C(=O)OC)(C(=O)OC)C[C@H]2[C@@]2(C)CCC[C@@H]12. The second kappa shape index (κ2) is 5.74. The number of carbonyl (C=O) groups excluding carboxylic acids is 3. The van der Waals surface area contributed by atoms with E-state index in [4.69, 9.17) is 14.2 Å². The molecule has 6 heteroatoms. The van der Waals surface area contributed by atoms with Crippen molar-refractivity contribution in [1.29, 1.82) is 0 Å². The first kappa shape index (κ1) is 17.2. The Bertz CT molecular complexity index is 554. The Kier molecular flexibility index (Phi) is 4.12. The average Bonchev–Trinajstić information content (AvgIpc) is 3.21. The Morgan fingerprint density at radius 3 is 2.08 bits per heavy atom. The molecule has 3 saturated carbocycles. The third-order valence-electron chi connectivity index (χ3n) is 7.11. The van der Waals surface area contributed by atoms with Crippen molar-refractivity contribution in [1.82, 2.24) is 0 Å². The summed E-state index contributed by atoms with van der Waals surface area (Å²) in [6, 6.07) is 0. The number of esters is 3. The fourth-order valence-electron chi connectivity index (χ4n) is 6.10. The number of ether oxygens (including phenoxy) is 3. The number of hydrogen-bond acceptors (Lipinski definition) is 6. The van der Waals surface area contributed by atoms with Crippen LogP contribution in [0.5, 0.6) is 0 Å². The maximum Gasteiger partial charge on any atom is 0.323 e. The predicted octanol–water partition coefficient (Wildman–Crippen LogP) is 1.95. The van der Waals surface area contributed by atoms with Gasteiger partial charge in [0.1, 0.15) is 0 Å². The highest BCUT2D eigenvalue weighted by atomic mass is 16.5. The summed E-state index contributed by atoms with van der Waals surface area (Å²) in [6.07, 6.45) is 3.80. The molecule has 6 nitrogen and oxygen atoms in total. The van der Waals surface area contributed by atoms with Crippen LogP contribution in [0.3, 0.4) is 0 Å². The zero-order valence-corrected chi connectivity index (χ0v) is 14.8. The van der Waals surface area contributed by atoms with E-state index in [1.54, 1.807) is 0 Å². The van der Waals surface area contributed by atoms with Gasteiger partial charge in [-0.05, 0) is 48.9 Å². The summed E-state index contributed by atoms with van der Waals surface area (Å²) >= 11 is 0. The van der Waals surface area contributed by atoms with E-state index in [0.717, 1.165) is 19.3 Å². The van der Waals surface area contributed by atoms with Crippen LogP contribution in [0.25, 0.3) is 0 Å². The number of carbonyl (C=O) groups is 3. The zero-order chi connectivity index (χ0) is 17.7. The summed E-state index contributed by atoms with van der Waals surface area (Å²) in [5.41, 5.74) is -1.32. The minimum atomic E-state index is -1.29. The van der Waals surface area contributed by atoms with Crippen molar-refractivity contribution < 1.29 is 28.6 Å². The van der Waals surface area contributed by atoms with E-state index >= 15 is 0 Å². The lowest BCUT2D eigenvalue weighted by atomic mass is 9.70. The van der Waals surface area contributed by atoms with Crippen molar-refractivity contribution >= 4 is 17.9 Å². The lowest BCUT2D eigenvalue weighted by Crippen LogP contribution is -2.42. The minimum Gasteiger partial charge on any atom is -0.469 e. The molecule has 0 aliphatic heterocycles. The van der Waals surface area contributed by atoms with E-state index in [1.165, 1.54) is 21.3 Å². The van der Waals surface area contributed by atoms with Crippen LogP contribution < -0.4 is 0 Å². The summed E-state index contributed by atoms with van der Waals surface area (Å²) in [4.78, 5) is 37.4. The molecule has 0 aromatic rings. The summed E-state index contributed by atoms with van der Waals surface area (Å²) in [5, 5.41) is 0. The molecule has 3 aliphatic carbocycles. The van der Waals surface area contributed by atoms with Crippen LogP contribution in [-0.4, -0.2) is 39.2 Å². The number of methoxy groups -OCH3 is 3. The van der Waals surface area contributed by atoms with E-state index < -0.39 is 17.4 Å². The van der Waals surface area contributed by atoms with Crippen LogP contribution in [-0.2, 0) is 28.6 Å². The third-order valence-corrected chi connectivity index (χ3v) is 7.11. The summed E-state index contributed by atoms with van der Waals surface area (Å²) < 4.78 is 14.9. The van der Waals surface area contributed by atoms with E-state index in [2.05, 4.69) is 6.92 Å². The minimum absolute atomic E-state index is 0.0344. The third kappa shape index (κ3) is 2.04. The fraction of sp³-hybridized carbons (Fsp3) is 0.833. The topological polar surface area (TPSA) is 78.9 Å². The second-order valence-electron chi connectivity index (χ2n) is 7.80. The highest BCUT2D eigenvalue weighted by molar-refractivity contribution is 6.00. The van der Waals surface area contributed by atoms with E-state index in [9.17, 15) is 14.4 Å². The van der Waals surface area contributed by atoms with Crippen molar-refractivity contribution in [2.24, 2.45) is 34.5 Å². The van der Waals surface area contributed by atoms with Gasteiger partial charge in [0, 0.05) is 0 Å². The first-order valence-electron chi connectivity index (χ1n) is 8.60. The van der Waals surface area contributed by atoms with Crippen molar-refractivity contribution in [3.05, 3.63) is 0 Å². The Labute approximate surface area is 142 Å². The molecule has 0 aromatic heterocycles. The molecular weight excluding hydrogens is 312 g/mol. The van der Waals surface area contributed by atoms with E-state index in [1.807, 2.05) is 0 Å². The predicted molar refractivity (Wildman–Crippen MR) is 83.6 cm³/mol. The van der Waals surface area contributed by atoms with Gasteiger partial charge in [0.15, 0.2) is 5.41 Å². The molecule has 5 atom stereocenters. The van der Waals surface area contributed by atoms with Gasteiger partial charge in [0.05, 0.1) is 27.2 Å². The van der Waals surface area contributed by atoms with Gasteiger partial charge >= 0.3 is 17.9 Å². The van der Waals surface area contributed by atoms with Gasteiger partial charge in [-0.15, -0.1) is 0 Å². The van der Waals surface area contributed by atoms with Gasteiger partial charge in [-0.2, -0.15) is 0 Å². The lowest BCUT2D eigenvalue weighted by Gasteiger charge is -2.34. The largest absolute Gasteiger partial charge is 0.469 e. The molecule has 0 spiro atoms. The van der Waals surface area contributed by atoms with Crippen molar-refractivity contribution in [2.75, 3.05) is 21.3 Å². The lowest BCUT2D eigenvalue weighted by molar-refractivity contribution is -0.170. The molecular formula is C18H26O6. The van der Waals surface area contributed by atoms with Crippen LogP contribution in [0.1, 0.15) is 39.0 Å². The van der Waals surface area contributed by atoms with Gasteiger partial charge < -0.3 is 14.2 Å². The van der Waals surface area contributed by atoms with Crippen LogP contribution in [0, 0.1) is 34.5 Å². The van der Waals surface area contributed by atoms with Crippen molar-refractivity contribution in [2.45, 2.75) is 39.0 Å². The molecule has 24 heavy (non-hydrogen) atoms. The molecule has 0 bridgehead atoms. The van der Waals surface area contributed by atoms with E-state index in [-0.39, 0.29) is 35.1 Å². The highest BCUT2D eigenvalue weighted by Gasteiger charge is 2.70. The second-order valence-corrected chi connectivity index (χ2v) is 7.80. The highest BCUT2D eigenvalue weighted by Crippen LogP contribution is 2.70. The molecule has 3 rings (SSSR count). The van der Waals surface area contributed by atoms with E-state index in [0.29, 0.717) is 12.8 Å². The fourth-order valence-corrected chi connectivity index (χ4v) is 6.10. The Morgan fingerprint density at radius 1 is 0.917 bits per heavy atom.